The summed E-state index contributed by atoms with van der Waals surface area (Å²) in [7, 11) is 1.44. The van der Waals surface area contributed by atoms with E-state index in [1.165, 1.54) is 31.5 Å². The summed E-state index contributed by atoms with van der Waals surface area (Å²) < 4.78 is 21.4. The van der Waals surface area contributed by atoms with Gasteiger partial charge < -0.3 is 19.9 Å². The summed E-state index contributed by atoms with van der Waals surface area (Å²) in [6, 6.07) is 11.7. The first kappa shape index (κ1) is 28.6. The number of nitrogens with zero attached hydrogens (tertiary/aromatic N) is 4. The monoisotopic (exact) mass is 583 g/mol. The van der Waals surface area contributed by atoms with Crippen molar-refractivity contribution in [1.29, 1.82) is 0 Å². The summed E-state index contributed by atoms with van der Waals surface area (Å²) in [5, 5.41) is 2.74. The lowest BCUT2D eigenvalue weighted by Gasteiger charge is -2.38. The van der Waals surface area contributed by atoms with Crippen LogP contribution in [0.2, 0.25) is 5.02 Å². The SMILES string of the molecule is COCCn1c(=O)c(-c2cccc(F)c2Cl)cn(CC(=O)N2CCC(N3CCc4ccccc4NC3=O)CC2)c1=O. The first-order chi connectivity index (χ1) is 19.8. The van der Waals surface area contributed by atoms with Gasteiger partial charge in [-0.25, -0.2) is 14.0 Å². The van der Waals surface area contributed by atoms with Crippen LogP contribution in [0, 0.1) is 5.82 Å². The molecule has 5 rings (SSSR count). The van der Waals surface area contributed by atoms with Crippen LogP contribution >= 0.6 is 11.6 Å². The second kappa shape index (κ2) is 12.3. The Morgan fingerprint density at radius 3 is 2.56 bits per heavy atom. The van der Waals surface area contributed by atoms with Gasteiger partial charge in [0.2, 0.25) is 5.91 Å². The molecular formula is C29H31ClFN5O5. The number of amides is 3. The number of urea groups is 1. The first-order valence-corrected chi connectivity index (χ1v) is 13.9. The average molecular weight is 584 g/mol. The smallest absolute Gasteiger partial charge is 0.331 e. The second-order valence-corrected chi connectivity index (χ2v) is 10.5. The van der Waals surface area contributed by atoms with E-state index in [9.17, 15) is 23.6 Å². The molecule has 41 heavy (non-hydrogen) atoms. The molecule has 10 nitrogen and oxygen atoms in total. The van der Waals surface area contributed by atoms with E-state index in [0.717, 1.165) is 26.8 Å². The lowest BCUT2D eigenvalue weighted by atomic mass is 10.0. The molecule has 2 aliphatic rings. The van der Waals surface area contributed by atoms with Crippen molar-refractivity contribution in [3.8, 4) is 11.1 Å². The van der Waals surface area contributed by atoms with Gasteiger partial charge in [-0.05, 0) is 37.0 Å². The van der Waals surface area contributed by atoms with Crippen LogP contribution in [-0.4, -0.2) is 70.3 Å². The van der Waals surface area contributed by atoms with Crippen LogP contribution in [-0.2, 0) is 29.0 Å². The third-order valence-electron chi connectivity index (χ3n) is 7.70. The zero-order valence-electron chi connectivity index (χ0n) is 22.6. The maximum atomic E-state index is 14.2. The van der Waals surface area contributed by atoms with Gasteiger partial charge in [0.1, 0.15) is 12.4 Å². The minimum absolute atomic E-state index is 0.00452. The van der Waals surface area contributed by atoms with E-state index in [4.69, 9.17) is 16.3 Å². The number of anilines is 1. The Balaban J connectivity index is 1.32. The van der Waals surface area contributed by atoms with Gasteiger partial charge in [-0.15, -0.1) is 0 Å². The molecule has 0 bridgehead atoms. The molecule has 1 aromatic heterocycles. The Bertz CT molecular complexity index is 1580. The molecule has 0 unspecified atom stereocenters. The van der Waals surface area contributed by atoms with E-state index in [-0.39, 0.29) is 53.8 Å². The summed E-state index contributed by atoms with van der Waals surface area (Å²) in [6.07, 6.45) is 3.20. The number of hydrogen-bond donors (Lipinski definition) is 1. The van der Waals surface area contributed by atoms with Crippen LogP contribution in [0.1, 0.15) is 18.4 Å². The zero-order valence-corrected chi connectivity index (χ0v) is 23.4. The number of likely N-dealkylation sites (tertiary alicyclic amines) is 1. The molecule has 2 aromatic carbocycles. The number of para-hydroxylation sites is 1. The molecule has 216 valence electrons. The number of rotatable bonds is 7. The van der Waals surface area contributed by atoms with Gasteiger partial charge in [-0.3, -0.25) is 18.7 Å². The van der Waals surface area contributed by atoms with Crippen LogP contribution < -0.4 is 16.6 Å². The Morgan fingerprint density at radius 1 is 1.05 bits per heavy atom. The molecule has 0 aliphatic carbocycles. The topological polar surface area (TPSA) is 106 Å². The van der Waals surface area contributed by atoms with Crippen LogP contribution in [0.15, 0.2) is 58.3 Å². The fourth-order valence-electron chi connectivity index (χ4n) is 5.45. The molecule has 0 spiro atoms. The van der Waals surface area contributed by atoms with E-state index in [1.807, 2.05) is 29.2 Å². The van der Waals surface area contributed by atoms with Gasteiger partial charge in [0, 0.05) is 50.2 Å². The van der Waals surface area contributed by atoms with Crippen molar-refractivity contribution in [3.63, 3.8) is 0 Å². The molecular weight excluding hydrogens is 553 g/mol. The molecule has 2 aliphatic heterocycles. The van der Waals surface area contributed by atoms with E-state index in [1.54, 1.807) is 4.90 Å². The molecule has 12 heteroatoms. The number of nitrogens with one attached hydrogen (secondary N) is 1. The zero-order chi connectivity index (χ0) is 29.1. The minimum Gasteiger partial charge on any atom is -0.383 e. The number of fused-ring (bicyclic) bond motifs is 1. The van der Waals surface area contributed by atoms with Gasteiger partial charge in [0.15, 0.2) is 0 Å². The molecule has 0 saturated carbocycles. The van der Waals surface area contributed by atoms with Crippen LogP contribution in [0.5, 0.6) is 0 Å². The molecule has 0 radical (unpaired) electrons. The molecule has 0 atom stereocenters. The number of aromatic nitrogens is 2. The molecule has 1 N–H and O–H groups in total. The lowest BCUT2D eigenvalue weighted by Crippen LogP contribution is -2.51. The predicted molar refractivity (Wildman–Crippen MR) is 153 cm³/mol. The molecule has 1 fully saturated rings. The molecule has 3 amide bonds. The summed E-state index contributed by atoms with van der Waals surface area (Å²) in [4.78, 5) is 56.2. The summed E-state index contributed by atoms with van der Waals surface area (Å²) >= 11 is 6.16. The van der Waals surface area contributed by atoms with Crippen molar-refractivity contribution >= 4 is 29.2 Å². The van der Waals surface area contributed by atoms with E-state index >= 15 is 0 Å². The maximum Gasteiger partial charge on any atom is 0.331 e. The van der Waals surface area contributed by atoms with Gasteiger partial charge >= 0.3 is 11.7 Å². The number of methoxy groups -OCH3 is 1. The standard InChI is InChI=1S/C29H31ClFN5O5/c1-41-16-15-36-27(38)22(21-6-4-7-23(31)26(21)30)17-34(29(36)40)18-25(37)33-12-10-20(11-13-33)35-14-9-19-5-2-3-8-24(19)32-28(35)39/h2-8,17,20H,9-16,18H2,1H3,(H,32,39). The Morgan fingerprint density at radius 2 is 1.80 bits per heavy atom. The number of carbonyl (C=O) groups is 2. The van der Waals surface area contributed by atoms with Gasteiger partial charge in [0.25, 0.3) is 5.56 Å². The summed E-state index contributed by atoms with van der Waals surface area (Å²) in [6.45, 7) is 1.16. The van der Waals surface area contributed by atoms with Crippen LogP contribution in [0.25, 0.3) is 11.1 Å². The number of ether oxygens (including phenoxy) is 1. The lowest BCUT2D eigenvalue weighted by molar-refractivity contribution is -0.133. The van der Waals surface area contributed by atoms with Gasteiger partial charge in [0.05, 0.1) is 23.7 Å². The van der Waals surface area contributed by atoms with E-state index in [0.29, 0.717) is 32.5 Å². The Hall–Kier alpha value is -3.96. The first-order valence-electron chi connectivity index (χ1n) is 13.5. The van der Waals surface area contributed by atoms with Crippen molar-refractivity contribution in [2.75, 3.05) is 38.7 Å². The van der Waals surface area contributed by atoms with Gasteiger partial charge in [-0.2, -0.15) is 0 Å². The second-order valence-electron chi connectivity index (χ2n) is 10.1. The number of halogens is 2. The number of carbonyl (C=O) groups excluding carboxylic acids is 2. The van der Waals surface area contributed by atoms with Crippen LogP contribution in [0.3, 0.4) is 0 Å². The van der Waals surface area contributed by atoms with E-state index in [2.05, 4.69) is 5.32 Å². The van der Waals surface area contributed by atoms with Gasteiger partial charge in [-0.1, -0.05) is 41.9 Å². The van der Waals surface area contributed by atoms with Crippen molar-refractivity contribution in [2.24, 2.45) is 0 Å². The summed E-state index contributed by atoms with van der Waals surface area (Å²) in [5.74, 6) is -1.00. The number of piperidine rings is 1. The number of benzene rings is 2. The third kappa shape index (κ3) is 5.91. The van der Waals surface area contributed by atoms with Crippen molar-refractivity contribution in [1.82, 2.24) is 18.9 Å². The quantitative estimate of drug-likeness (QED) is 0.460. The molecule has 3 aromatic rings. The van der Waals surface area contributed by atoms with Crippen molar-refractivity contribution in [2.45, 2.75) is 38.4 Å². The highest BCUT2D eigenvalue weighted by Crippen LogP contribution is 2.28. The van der Waals surface area contributed by atoms with Crippen molar-refractivity contribution in [3.05, 3.63) is 85.9 Å². The highest BCUT2D eigenvalue weighted by atomic mass is 35.5. The number of hydrogen-bond acceptors (Lipinski definition) is 5. The van der Waals surface area contributed by atoms with Crippen molar-refractivity contribution < 1.29 is 18.7 Å². The van der Waals surface area contributed by atoms with Crippen LogP contribution in [0.4, 0.5) is 14.9 Å². The molecule has 3 heterocycles. The van der Waals surface area contributed by atoms with E-state index < -0.39 is 17.1 Å². The minimum atomic E-state index is -0.703. The summed E-state index contributed by atoms with van der Waals surface area (Å²) in [5.41, 5.74) is 0.720. The fraction of sp³-hybridized carbons (Fsp3) is 0.379. The predicted octanol–water partition coefficient (Wildman–Crippen LogP) is 3.20. The molecule has 1 saturated heterocycles. The maximum absolute atomic E-state index is 14.2. The Kier molecular flexibility index (Phi) is 8.55. The average Bonchev–Trinajstić information content (AvgIpc) is 3.14. The highest BCUT2D eigenvalue weighted by Gasteiger charge is 2.31. The third-order valence-corrected chi connectivity index (χ3v) is 8.09. The normalized spacial score (nSPS) is 15.8. The highest BCUT2D eigenvalue weighted by molar-refractivity contribution is 6.33. The fourth-order valence-corrected chi connectivity index (χ4v) is 5.68. The Labute approximate surface area is 240 Å². The largest absolute Gasteiger partial charge is 0.383 e.